The lowest BCUT2D eigenvalue weighted by molar-refractivity contribution is 1.10. The Bertz CT molecular complexity index is 1560. The van der Waals surface area contributed by atoms with Crippen molar-refractivity contribution < 1.29 is 0 Å². The van der Waals surface area contributed by atoms with E-state index >= 15 is 0 Å². The van der Waals surface area contributed by atoms with Crippen molar-refractivity contribution >= 4 is 33.2 Å². The van der Waals surface area contributed by atoms with E-state index in [9.17, 15) is 0 Å². The fraction of sp³-hybridized carbons (Fsp3) is 0.0333. The molecule has 1 heterocycles. The number of rotatable bonds is 4. The van der Waals surface area contributed by atoms with Crippen LogP contribution in [0.25, 0.3) is 38.9 Å². The highest BCUT2D eigenvalue weighted by molar-refractivity contribution is 5.96. The summed E-state index contributed by atoms with van der Waals surface area (Å²) in [7, 11) is 2.12. The average Bonchev–Trinajstić information content (AvgIpc) is 3.28. The van der Waals surface area contributed by atoms with Gasteiger partial charge in [0, 0.05) is 35.1 Å². The molecular weight excluding hydrogens is 402 g/mol. The minimum absolute atomic E-state index is 0.946. The predicted molar refractivity (Wildman–Crippen MR) is 139 cm³/mol. The lowest BCUT2D eigenvalue weighted by Gasteiger charge is -2.22. The Balaban J connectivity index is 1.43. The molecule has 0 amide bonds. The molecule has 5 aromatic carbocycles. The molecule has 0 saturated heterocycles. The molecule has 3 heteroatoms. The second kappa shape index (κ2) is 7.95. The fourth-order valence-corrected chi connectivity index (χ4v) is 4.53. The standard InChI is InChI=1S/C30H23N3/c1-32(28-17-9-11-22-10-5-6-14-26(22)28)24-20-18-23(19-21-24)30-31-27-15-7-8-16-29(27)33(30)25-12-3-2-4-13-25/h2-21H,1H3. The van der Waals surface area contributed by atoms with Gasteiger partial charge in [0.2, 0.25) is 0 Å². The first-order valence-electron chi connectivity index (χ1n) is 11.1. The second-order valence-electron chi connectivity index (χ2n) is 8.20. The van der Waals surface area contributed by atoms with Crippen LogP contribution in [0.3, 0.4) is 0 Å². The van der Waals surface area contributed by atoms with Gasteiger partial charge in [-0.2, -0.15) is 0 Å². The van der Waals surface area contributed by atoms with Gasteiger partial charge in [0.25, 0.3) is 0 Å². The van der Waals surface area contributed by atoms with Crippen LogP contribution < -0.4 is 4.90 Å². The van der Waals surface area contributed by atoms with Crippen molar-refractivity contribution in [3.05, 3.63) is 121 Å². The van der Waals surface area contributed by atoms with Crippen LogP contribution in [0.4, 0.5) is 11.4 Å². The molecule has 6 rings (SSSR count). The first-order chi connectivity index (χ1) is 16.3. The normalized spacial score (nSPS) is 11.2. The molecule has 0 aliphatic heterocycles. The molecular formula is C30H23N3. The fourth-order valence-electron chi connectivity index (χ4n) is 4.53. The zero-order chi connectivity index (χ0) is 22.2. The summed E-state index contributed by atoms with van der Waals surface area (Å²) in [5, 5.41) is 2.49. The van der Waals surface area contributed by atoms with Gasteiger partial charge in [0.1, 0.15) is 5.82 Å². The molecule has 0 aliphatic rings. The molecule has 158 valence electrons. The molecule has 33 heavy (non-hydrogen) atoms. The van der Waals surface area contributed by atoms with E-state index in [1.807, 2.05) is 12.1 Å². The summed E-state index contributed by atoms with van der Waals surface area (Å²) in [6.07, 6.45) is 0. The van der Waals surface area contributed by atoms with Crippen LogP contribution in [0.5, 0.6) is 0 Å². The van der Waals surface area contributed by atoms with Crippen molar-refractivity contribution in [2.45, 2.75) is 0 Å². The summed E-state index contributed by atoms with van der Waals surface area (Å²) in [5.41, 5.74) is 6.63. The third kappa shape index (κ3) is 3.35. The number of fused-ring (bicyclic) bond motifs is 2. The van der Waals surface area contributed by atoms with E-state index in [0.717, 1.165) is 33.8 Å². The number of aromatic nitrogens is 2. The number of hydrogen-bond acceptors (Lipinski definition) is 2. The zero-order valence-corrected chi connectivity index (χ0v) is 18.4. The van der Waals surface area contributed by atoms with Crippen LogP contribution in [0.1, 0.15) is 0 Å². The molecule has 0 spiro atoms. The lowest BCUT2D eigenvalue weighted by Crippen LogP contribution is -2.09. The number of benzene rings is 5. The van der Waals surface area contributed by atoms with Crippen LogP contribution in [0, 0.1) is 0 Å². The first kappa shape index (κ1) is 19.3. The molecule has 0 atom stereocenters. The van der Waals surface area contributed by atoms with Gasteiger partial charge in [-0.15, -0.1) is 0 Å². The van der Waals surface area contributed by atoms with Crippen molar-refractivity contribution in [1.82, 2.24) is 9.55 Å². The van der Waals surface area contributed by atoms with Gasteiger partial charge < -0.3 is 4.90 Å². The molecule has 0 aliphatic carbocycles. The molecule has 0 saturated carbocycles. The summed E-state index contributed by atoms with van der Waals surface area (Å²) in [6.45, 7) is 0. The molecule has 1 aromatic heterocycles. The van der Waals surface area contributed by atoms with E-state index in [2.05, 4.69) is 126 Å². The zero-order valence-electron chi connectivity index (χ0n) is 18.4. The Hall–Kier alpha value is -4.37. The highest BCUT2D eigenvalue weighted by Gasteiger charge is 2.15. The van der Waals surface area contributed by atoms with E-state index in [1.54, 1.807) is 0 Å². The smallest absolute Gasteiger partial charge is 0.145 e. The van der Waals surface area contributed by atoms with Crippen molar-refractivity contribution in [3.8, 4) is 17.1 Å². The molecule has 3 nitrogen and oxygen atoms in total. The second-order valence-corrected chi connectivity index (χ2v) is 8.20. The topological polar surface area (TPSA) is 21.1 Å². The maximum Gasteiger partial charge on any atom is 0.145 e. The summed E-state index contributed by atoms with van der Waals surface area (Å²) in [5.74, 6) is 0.946. The van der Waals surface area contributed by atoms with E-state index in [-0.39, 0.29) is 0 Å². The molecule has 0 bridgehead atoms. The minimum Gasteiger partial charge on any atom is -0.344 e. The van der Waals surface area contributed by atoms with Crippen LogP contribution in [0.2, 0.25) is 0 Å². The Morgan fingerprint density at radius 3 is 2.18 bits per heavy atom. The van der Waals surface area contributed by atoms with E-state index in [0.29, 0.717) is 0 Å². The number of anilines is 2. The average molecular weight is 426 g/mol. The summed E-state index contributed by atoms with van der Waals surface area (Å²) < 4.78 is 2.23. The number of para-hydroxylation sites is 3. The van der Waals surface area contributed by atoms with Crippen LogP contribution in [-0.2, 0) is 0 Å². The van der Waals surface area contributed by atoms with Gasteiger partial charge in [-0.3, -0.25) is 4.57 Å². The van der Waals surface area contributed by atoms with Gasteiger partial charge in [-0.25, -0.2) is 4.98 Å². The maximum absolute atomic E-state index is 4.98. The summed E-state index contributed by atoms with van der Waals surface area (Å²) in [4.78, 5) is 7.22. The Morgan fingerprint density at radius 1 is 0.636 bits per heavy atom. The predicted octanol–water partition coefficient (Wildman–Crippen LogP) is 7.61. The quantitative estimate of drug-likeness (QED) is 0.290. The Kier molecular flexibility index (Phi) is 4.66. The lowest BCUT2D eigenvalue weighted by atomic mass is 10.1. The third-order valence-corrected chi connectivity index (χ3v) is 6.22. The van der Waals surface area contributed by atoms with Gasteiger partial charge in [0.05, 0.1) is 11.0 Å². The summed E-state index contributed by atoms with van der Waals surface area (Å²) in [6, 6.07) is 42.4. The van der Waals surface area contributed by atoms with Crippen molar-refractivity contribution in [2.75, 3.05) is 11.9 Å². The molecule has 0 unspecified atom stereocenters. The number of nitrogens with zero attached hydrogens (tertiary/aromatic N) is 3. The van der Waals surface area contributed by atoms with Crippen LogP contribution >= 0.6 is 0 Å². The Morgan fingerprint density at radius 2 is 1.33 bits per heavy atom. The summed E-state index contributed by atoms with van der Waals surface area (Å²) >= 11 is 0. The molecule has 0 radical (unpaired) electrons. The molecule has 6 aromatic rings. The van der Waals surface area contributed by atoms with Gasteiger partial charge >= 0.3 is 0 Å². The third-order valence-electron chi connectivity index (χ3n) is 6.22. The van der Waals surface area contributed by atoms with E-state index in [4.69, 9.17) is 4.98 Å². The van der Waals surface area contributed by atoms with Crippen molar-refractivity contribution in [1.29, 1.82) is 0 Å². The van der Waals surface area contributed by atoms with Gasteiger partial charge in [-0.05, 0) is 60.0 Å². The number of imidazole rings is 1. The van der Waals surface area contributed by atoms with Crippen LogP contribution in [-0.4, -0.2) is 16.6 Å². The largest absolute Gasteiger partial charge is 0.344 e. The maximum atomic E-state index is 4.98. The monoisotopic (exact) mass is 425 g/mol. The highest BCUT2D eigenvalue weighted by atomic mass is 15.1. The Labute approximate surface area is 193 Å². The van der Waals surface area contributed by atoms with Gasteiger partial charge in [-0.1, -0.05) is 66.7 Å². The van der Waals surface area contributed by atoms with Crippen LogP contribution in [0.15, 0.2) is 121 Å². The molecule has 0 fully saturated rings. The van der Waals surface area contributed by atoms with Crippen molar-refractivity contribution in [3.63, 3.8) is 0 Å². The highest BCUT2D eigenvalue weighted by Crippen LogP contribution is 2.33. The first-order valence-corrected chi connectivity index (χ1v) is 11.1. The van der Waals surface area contributed by atoms with E-state index in [1.165, 1.54) is 16.5 Å². The SMILES string of the molecule is CN(c1ccc(-c2nc3ccccc3n2-c2ccccc2)cc1)c1cccc2ccccc12. The molecule has 0 N–H and O–H groups in total. The van der Waals surface area contributed by atoms with E-state index < -0.39 is 0 Å². The van der Waals surface area contributed by atoms with Gasteiger partial charge in [0.15, 0.2) is 0 Å². The minimum atomic E-state index is 0.946. The van der Waals surface area contributed by atoms with Crippen molar-refractivity contribution in [2.24, 2.45) is 0 Å². The number of hydrogen-bond donors (Lipinski definition) is 0.